The maximum atomic E-state index is 11.9. The molecule has 2 atom stereocenters. The number of amides is 1. The Labute approximate surface area is 157 Å². The van der Waals surface area contributed by atoms with Gasteiger partial charge in [-0.2, -0.15) is 0 Å². The topological polar surface area (TPSA) is 102 Å². The molecule has 26 heavy (non-hydrogen) atoms. The van der Waals surface area contributed by atoms with E-state index in [-0.39, 0.29) is 24.9 Å². The van der Waals surface area contributed by atoms with Crippen molar-refractivity contribution in [3.63, 3.8) is 0 Å². The van der Waals surface area contributed by atoms with E-state index in [1.54, 1.807) is 19.1 Å². The maximum absolute atomic E-state index is 11.9. The fourth-order valence-electron chi connectivity index (χ4n) is 2.06. The Morgan fingerprint density at radius 1 is 1.15 bits per heavy atom. The quantitative estimate of drug-likeness (QED) is 0.567. The Kier molecular flexibility index (Phi) is 10.2. The minimum atomic E-state index is -1.19. The van der Waals surface area contributed by atoms with Gasteiger partial charge < -0.3 is 19.9 Å². The van der Waals surface area contributed by atoms with E-state index in [2.05, 4.69) is 5.32 Å². The summed E-state index contributed by atoms with van der Waals surface area (Å²) in [4.78, 5) is 35.1. The molecule has 0 fully saturated rings. The fraction of sp³-hybridized carbons (Fsp3) is 0.500. The Balaban J connectivity index is 2.52. The highest BCUT2D eigenvalue weighted by Gasteiger charge is 2.26. The van der Waals surface area contributed by atoms with Gasteiger partial charge in [-0.25, -0.2) is 9.59 Å². The van der Waals surface area contributed by atoms with Gasteiger partial charge in [-0.1, -0.05) is 43.7 Å². The van der Waals surface area contributed by atoms with E-state index in [0.29, 0.717) is 6.42 Å². The highest BCUT2D eigenvalue weighted by Crippen LogP contribution is 2.19. The fourth-order valence-corrected chi connectivity index (χ4v) is 3.32. The van der Waals surface area contributed by atoms with Crippen molar-refractivity contribution >= 4 is 29.8 Å². The van der Waals surface area contributed by atoms with Crippen LogP contribution in [0.4, 0.5) is 4.79 Å². The third-order valence-corrected chi connectivity index (χ3v) is 4.72. The molecule has 0 aliphatic carbocycles. The summed E-state index contributed by atoms with van der Waals surface area (Å²) in [7, 11) is 0. The molecular formula is C18H25NO6S. The van der Waals surface area contributed by atoms with Gasteiger partial charge in [0.1, 0.15) is 17.9 Å². The van der Waals surface area contributed by atoms with Crippen LogP contribution in [0.3, 0.4) is 0 Å². The first-order chi connectivity index (χ1) is 12.5. The summed E-state index contributed by atoms with van der Waals surface area (Å²) < 4.78 is 10.0. The van der Waals surface area contributed by atoms with E-state index >= 15 is 0 Å². The molecule has 0 aliphatic heterocycles. The van der Waals surface area contributed by atoms with Gasteiger partial charge in [0, 0.05) is 5.75 Å². The average molecular weight is 383 g/mol. The molecule has 1 aromatic carbocycles. The van der Waals surface area contributed by atoms with Gasteiger partial charge in [0.05, 0.1) is 6.61 Å². The SMILES string of the molecule is CCCC(SCC(NC(=O)OCc1ccccc1)C(=O)O)C(=O)OCC. The zero-order valence-corrected chi connectivity index (χ0v) is 15.8. The molecule has 0 saturated carbocycles. The number of aliphatic carboxylic acids is 1. The molecule has 0 radical (unpaired) electrons. The lowest BCUT2D eigenvalue weighted by Crippen LogP contribution is -2.43. The predicted octanol–water partition coefficient (Wildman–Crippen LogP) is 2.83. The van der Waals surface area contributed by atoms with E-state index in [4.69, 9.17) is 9.47 Å². The summed E-state index contributed by atoms with van der Waals surface area (Å²) in [6.45, 7) is 3.97. The van der Waals surface area contributed by atoms with Gasteiger partial charge in [-0.3, -0.25) is 4.79 Å². The highest BCUT2D eigenvalue weighted by molar-refractivity contribution is 8.00. The number of carboxylic acid groups (broad SMARTS) is 1. The lowest BCUT2D eigenvalue weighted by Gasteiger charge is -2.18. The Bertz CT molecular complexity index is 580. The molecule has 8 heteroatoms. The van der Waals surface area contributed by atoms with E-state index in [1.165, 1.54) is 0 Å². The van der Waals surface area contributed by atoms with Gasteiger partial charge in [0.15, 0.2) is 0 Å². The number of carboxylic acids is 1. The Hall–Kier alpha value is -2.22. The largest absolute Gasteiger partial charge is 0.480 e. The van der Waals surface area contributed by atoms with E-state index in [9.17, 15) is 19.5 Å². The van der Waals surface area contributed by atoms with Crippen molar-refractivity contribution < 1.29 is 29.0 Å². The van der Waals surface area contributed by atoms with Crippen LogP contribution in [0.15, 0.2) is 30.3 Å². The second kappa shape index (κ2) is 12.2. The number of carbonyl (C=O) groups excluding carboxylic acids is 2. The number of carbonyl (C=O) groups is 3. The second-order valence-electron chi connectivity index (χ2n) is 5.46. The number of hydrogen-bond acceptors (Lipinski definition) is 6. The summed E-state index contributed by atoms with van der Waals surface area (Å²) in [5, 5.41) is 11.2. The van der Waals surface area contributed by atoms with Crippen molar-refractivity contribution in [2.24, 2.45) is 0 Å². The molecule has 144 valence electrons. The van der Waals surface area contributed by atoms with Gasteiger partial charge >= 0.3 is 18.0 Å². The molecule has 0 heterocycles. The second-order valence-corrected chi connectivity index (χ2v) is 6.70. The van der Waals surface area contributed by atoms with Gasteiger partial charge in [0.2, 0.25) is 0 Å². The van der Waals surface area contributed by atoms with Crippen molar-refractivity contribution in [1.82, 2.24) is 5.32 Å². The molecule has 0 saturated heterocycles. The molecule has 0 bridgehead atoms. The van der Waals surface area contributed by atoms with Crippen LogP contribution >= 0.6 is 11.8 Å². The van der Waals surface area contributed by atoms with Gasteiger partial charge in [-0.05, 0) is 18.9 Å². The summed E-state index contributed by atoms with van der Waals surface area (Å²) in [5.74, 6) is -1.51. The molecule has 7 nitrogen and oxygen atoms in total. The molecule has 1 rings (SSSR count). The summed E-state index contributed by atoms with van der Waals surface area (Å²) >= 11 is 1.16. The first-order valence-electron chi connectivity index (χ1n) is 8.46. The number of thioether (sulfide) groups is 1. The number of esters is 1. The Morgan fingerprint density at radius 2 is 1.85 bits per heavy atom. The number of alkyl carbamates (subject to hydrolysis) is 1. The first kappa shape index (κ1) is 21.8. The predicted molar refractivity (Wildman–Crippen MR) is 99.0 cm³/mol. The Morgan fingerprint density at radius 3 is 2.42 bits per heavy atom. The zero-order chi connectivity index (χ0) is 19.4. The molecule has 0 aliphatic rings. The highest BCUT2D eigenvalue weighted by atomic mass is 32.2. The standard InChI is InChI=1S/C18H25NO6S/c1-3-8-15(17(22)24-4-2)26-12-14(16(20)21)19-18(23)25-11-13-9-6-5-7-10-13/h5-7,9-10,14-15H,3-4,8,11-12H2,1-2H3,(H,19,23)(H,20,21). The number of benzene rings is 1. The van der Waals surface area contributed by atoms with Crippen molar-refractivity contribution in [2.75, 3.05) is 12.4 Å². The van der Waals surface area contributed by atoms with E-state index in [0.717, 1.165) is 23.7 Å². The molecule has 2 N–H and O–H groups in total. The molecule has 0 aromatic heterocycles. The molecular weight excluding hydrogens is 358 g/mol. The zero-order valence-electron chi connectivity index (χ0n) is 15.0. The first-order valence-corrected chi connectivity index (χ1v) is 9.51. The van der Waals surface area contributed by atoms with Crippen LogP contribution in [-0.2, 0) is 25.7 Å². The normalized spacial score (nSPS) is 12.7. The summed E-state index contributed by atoms with van der Waals surface area (Å²) in [6, 6.07) is 7.92. The van der Waals surface area contributed by atoms with Crippen molar-refractivity contribution in [3.05, 3.63) is 35.9 Å². The van der Waals surface area contributed by atoms with Crippen LogP contribution in [0.5, 0.6) is 0 Å². The third-order valence-electron chi connectivity index (χ3n) is 3.37. The summed E-state index contributed by atoms with van der Waals surface area (Å²) in [6.07, 6.45) is 0.528. The van der Waals surface area contributed by atoms with Crippen LogP contribution in [0, 0.1) is 0 Å². The minimum Gasteiger partial charge on any atom is -0.480 e. The van der Waals surface area contributed by atoms with Crippen LogP contribution in [0.25, 0.3) is 0 Å². The van der Waals surface area contributed by atoms with Crippen LogP contribution in [0.2, 0.25) is 0 Å². The smallest absolute Gasteiger partial charge is 0.408 e. The van der Waals surface area contributed by atoms with Crippen molar-refractivity contribution in [2.45, 2.75) is 44.6 Å². The van der Waals surface area contributed by atoms with Crippen LogP contribution in [0.1, 0.15) is 32.3 Å². The summed E-state index contributed by atoms with van der Waals surface area (Å²) in [5.41, 5.74) is 0.800. The van der Waals surface area contributed by atoms with Crippen molar-refractivity contribution in [3.8, 4) is 0 Å². The van der Waals surface area contributed by atoms with E-state index in [1.807, 2.05) is 25.1 Å². The van der Waals surface area contributed by atoms with Gasteiger partial charge in [-0.15, -0.1) is 11.8 Å². The molecule has 0 spiro atoms. The number of ether oxygens (including phenoxy) is 2. The maximum Gasteiger partial charge on any atom is 0.408 e. The van der Waals surface area contributed by atoms with Crippen LogP contribution in [-0.4, -0.2) is 46.8 Å². The van der Waals surface area contributed by atoms with E-state index < -0.39 is 23.4 Å². The van der Waals surface area contributed by atoms with Crippen molar-refractivity contribution in [1.29, 1.82) is 0 Å². The number of nitrogens with one attached hydrogen (secondary N) is 1. The molecule has 2 unspecified atom stereocenters. The number of rotatable bonds is 11. The molecule has 1 amide bonds. The molecule has 1 aromatic rings. The minimum absolute atomic E-state index is 0.0409. The monoisotopic (exact) mass is 383 g/mol. The van der Waals surface area contributed by atoms with Crippen LogP contribution < -0.4 is 5.32 Å². The average Bonchev–Trinajstić information content (AvgIpc) is 2.63. The lowest BCUT2D eigenvalue weighted by atomic mass is 10.2. The van der Waals surface area contributed by atoms with Gasteiger partial charge in [0.25, 0.3) is 0 Å². The third kappa shape index (κ3) is 8.24. The lowest BCUT2D eigenvalue weighted by molar-refractivity contribution is -0.142. The number of hydrogen-bond donors (Lipinski definition) is 2.